The van der Waals surface area contributed by atoms with Crippen LogP contribution in [0.3, 0.4) is 0 Å². The number of rotatable bonds is 1. The van der Waals surface area contributed by atoms with Crippen molar-refractivity contribution in [2.75, 3.05) is 0 Å². The summed E-state index contributed by atoms with van der Waals surface area (Å²) in [6.07, 6.45) is 1.85. The van der Waals surface area contributed by atoms with Crippen LogP contribution >= 0.6 is 0 Å². The second-order valence-corrected chi connectivity index (χ2v) is 4.08. The first-order chi connectivity index (χ1) is 7.16. The van der Waals surface area contributed by atoms with Gasteiger partial charge in [-0.3, -0.25) is 9.36 Å². The number of hydrogen-bond acceptors (Lipinski definition) is 2. The van der Waals surface area contributed by atoms with E-state index in [1.54, 1.807) is 6.07 Å². The molecule has 0 aliphatic heterocycles. The van der Waals surface area contributed by atoms with E-state index < -0.39 is 0 Å². The quantitative estimate of drug-likeness (QED) is 0.718. The zero-order valence-electron chi connectivity index (χ0n) is 8.33. The maximum absolute atomic E-state index is 12.0. The molecule has 0 unspecified atom stereocenters. The highest BCUT2D eigenvalue weighted by Gasteiger charge is 2.27. The molecule has 5 nitrogen and oxygen atoms in total. The molecule has 78 valence electrons. The minimum absolute atomic E-state index is 0.106. The molecule has 1 saturated carbocycles. The van der Waals surface area contributed by atoms with Crippen molar-refractivity contribution in [1.82, 2.24) is 14.5 Å². The summed E-state index contributed by atoms with van der Waals surface area (Å²) in [4.78, 5) is 29.3. The molecular weight excluding hydrogens is 194 g/mol. The van der Waals surface area contributed by atoms with E-state index >= 15 is 0 Å². The maximum Gasteiger partial charge on any atom is 0.329 e. The summed E-state index contributed by atoms with van der Waals surface area (Å²) < 4.78 is 1.32. The van der Waals surface area contributed by atoms with Crippen LogP contribution in [0.5, 0.6) is 0 Å². The molecule has 5 heteroatoms. The Morgan fingerprint density at radius 2 is 2.07 bits per heavy atom. The third-order valence-corrected chi connectivity index (χ3v) is 2.76. The second kappa shape index (κ2) is 2.62. The summed E-state index contributed by atoms with van der Waals surface area (Å²) in [5.41, 5.74) is 1.48. The minimum Gasteiger partial charge on any atom is -0.353 e. The highest BCUT2D eigenvalue weighted by molar-refractivity contribution is 5.74. The lowest BCUT2D eigenvalue weighted by atomic mass is 10.4. The van der Waals surface area contributed by atoms with Gasteiger partial charge in [-0.1, -0.05) is 0 Å². The molecule has 2 N–H and O–H groups in total. The molecule has 0 spiro atoms. The molecule has 2 aromatic heterocycles. The number of aryl methyl sites for hydroxylation is 1. The molecule has 1 fully saturated rings. The highest BCUT2D eigenvalue weighted by atomic mass is 16.2. The summed E-state index contributed by atoms with van der Waals surface area (Å²) in [6.45, 7) is 1.86. The Morgan fingerprint density at radius 1 is 1.33 bits per heavy atom. The lowest BCUT2D eigenvalue weighted by Gasteiger charge is -2.00. The fourth-order valence-electron chi connectivity index (χ4n) is 1.91. The summed E-state index contributed by atoms with van der Waals surface area (Å²) in [6, 6.07) is 1.88. The molecule has 2 heterocycles. The Hall–Kier alpha value is -1.78. The summed E-state index contributed by atoms with van der Waals surface area (Å²) in [5.74, 6) is 0. The van der Waals surface area contributed by atoms with Crippen LogP contribution in [0.4, 0.5) is 0 Å². The zero-order valence-corrected chi connectivity index (χ0v) is 8.33. The third-order valence-electron chi connectivity index (χ3n) is 2.76. The van der Waals surface area contributed by atoms with Gasteiger partial charge < -0.3 is 9.97 Å². The first-order valence-corrected chi connectivity index (χ1v) is 5.01. The molecule has 0 atom stereocenters. The fraction of sp³-hybridized carbons (Fsp3) is 0.400. The molecule has 0 aromatic carbocycles. The van der Waals surface area contributed by atoms with E-state index in [4.69, 9.17) is 0 Å². The second-order valence-electron chi connectivity index (χ2n) is 4.08. The van der Waals surface area contributed by atoms with Crippen molar-refractivity contribution in [1.29, 1.82) is 0 Å². The number of H-pyrrole nitrogens is 2. The monoisotopic (exact) mass is 205 g/mol. The summed E-state index contributed by atoms with van der Waals surface area (Å²) in [7, 11) is 0. The fourth-order valence-corrected chi connectivity index (χ4v) is 1.91. The van der Waals surface area contributed by atoms with Gasteiger partial charge in [0.05, 0.1) is 5.52 Å². The van der Waals surface area contributed by atoms with E-state index in [2.05, 4.69) is 9.97 Å². The third kappa shape index (κ3) is 1.16. The Kier molecular flexibility index (Phi) is 1.49. The Bertz CT molecular complexity index is 643. The normalized spacial score (nSPS) is 16.1. The predicted octanol–water partition coefficient (Wildman–Crippen LogP) is 0.661. The SMILES string of the molecule is Cc1cc2[nH]c(=O)n(C3CC3)c(=O)c2[nH]1. The maximum atomic E-state index is 12.0. The average Bonchev–Trinajstić information content (AvgIpc) is 2.90. The Balaban J connectivity index is 2.46. The van der Waals surface area contributed by atoms with Crippen molar-refractivity contribution in [3.8, 4) is 0 Å². The van der Waals surface area contributed by atoms with Gasteiger partial charge in [-0.2, -0.15) is 0 Å². The molecule has 15 heavy (non-hydrogen) atoms. The molecule has 1 aliphatic rings. The van der Waals surface area contributed by atoms with Gasteiger partial charge in [0.1, 0.15) is 5.52 Å². The van der Waals surface area contributed by atoms with Crippen LogP contribution in [0.2, 0.25) is 0 Å². The van der Waals surface area contributed by atoms with Crippen LogP contribution in [-0.2, 0) is 0 Å². The van der Waals surface area contributed by atoms with E-state index in [0.717, 1.165) is 18.5 Å². The van der Waals surface area contributed by atoms with Gasteiger partial charge in [0.25, 0.3) is 5.56 Å². The molecule has 0 amide bonds. The van der Waals surface area contributed by atoms with Gasteiger partial charge in [-0.15, -0.1) is 0 Å². The van der Waals surface area contributed by atoms with Crippen LogP contribution in [-0.4, -0.2) is 14.5 Å². The van der Waals surface area contributed by atoms with Crippen LogP contribution in [0.25, 0.3) is 11.0 Å². The lowest BCUT2D eigenvalue weighted by Crippen LogP contribution is -2.34. The molecule has 2 aromatic rings. The summed E-state index contributed by atoms with van der Waals surface area (Å²) in [5, 5.41) is 0. The van der Waals surface area contributed by atoms with E-state index in [9.17, 15) is 9.59 Å². The summed E-state index contributed by atoms with van der Waals surface area (Å²) >= 11 is 0. The number of aromatic nitrogens is 3. The van der Waals surface area contributed by atoms with Gasteiger partial charge >= 0.3 is 5.69 Å². The van der Waals surface area contributed by atoms with Gasteiger partial charge in [0.2, 0.25) is 0 Å². The molecule has 1 aliphatic carbocycles. The number of nitrogens with one attached hydrogen (secondary N) is 2. The topological polar surface area (TPSA) is 70.7 Å². The van der Waals surface area contributed by atoms with E-state index in [1.165, 1.54) is 4.57 Å². The van der Waals surface area contributed by atoms with Gasteiger partial charge in [0.15, 0.2) is 0 Å². The van der Waals surface area contributed by atoms with E-state index in [-0.39, 0.29) is 17.3 Å². The zero-order chi connectivity index (χ0) is 10.6. The van der Waals surface area contributed by atoms with Gasteiger partial charge in [0, 0.05) is 11.7 Å². The van der Waals surface area contributed by atoms with E-state index in [1.807, 2.05) is 6.92 Å². The molecular formula is C10H11N3O2. The number of nitrogens with zero attached hydrogens (tertiary/aromatic N) is 1. The first-order valence-electron chi connectivity index (χ1n) is 5.01. The van der Waals surface area contributed by atoms with Crippen molar-refractivity contribution in [2.24, 2.45) is 0 Å². The van der Waals surface area contributed by atoms with Crippen molar-refractivity contribution < 1.29 is 0 Å². The Morgan fingerprint density at radius 3 is 2.73 bits per heavy atom. The number of hydrogen-bond donors (Lipinski definition) is 2. The lowest BCUT2D eigenvalue weighted by molar-refractivity contribution is 0.665. The van der Waals surface area contributed by atoms with Crippen LogP contribution in [0, 0.1) is 6.92 Å². The van der Waals surface area contributed by atoms with Gasteiger partial charge in [-0.25, -0.2) is 4.79 Å². The number of aromatic amines is 2. The van der Waals surface area contributed by atoms with Crippen LogP contribution in [0.1, 0.15) is 24.6 Å². The van der Waals surface area contributed by atoms with Crippen molar-refractivity contribution >= 4 is 11.0 Å². The highest BCUT2D eigenvalue weighted by Crippen LogP contribution is 2.32. The molecule has 0 radical (unpaired) electrons. The van der Waals surface area contributed by atoms with Crippen LogP contribution < -0.4 is 11.2 Å². The Labute approximate surface area is 84.7 Å². The molecule has 3 rings (SSSR count). The molecule has 0 bridgehead atoms. The van der Waals surface area contributed by atoms with Gasteiger partial charge in [-0.05, 0) is 25.8 Å². The van der Waals surface area contributed by atoms with E-state index in [0.29, 0.717) is 11.0 Å². The molecule has 0 saturated heterocycles. The van der Waals surface area contributed by atoms with Crippen molar-refractivity contribution in [2.45, 2.75) is 25.8 Å². The minimum atomic E-state index is -0.297. The number of fused-ring (bicyclic) bond motifs is 1. The largest absolute Gasteiger partial charge is 0.353 e. The van der Waals surface area contributed by atoms with Crippen molar-refractivity contribution in [3.05, 3.63) is 32.6 Å². The smallest absolute Gasteiger partial charge is 0.329 e. The van der Waals surface area contributed by atoms with Crippen LogP contribution in [0.15, 0.2) is 15.7 Å². The average molecular weight is 205 g/mol. The standard InChI is InChI=1S/C10H11N3O2/c1-5-4-7-8(11-5)9(14)13(6-2-3-6)10(15)12-7/h4,6,11H,2-3H2,1H3,(H,12,15). The van der Waals surface area contributed by atoms with Crippen molar-refractivity contribution in [3.63, 3.8) is 0 Å². The first kappa shape index (κ1) is 8.52. The predicted molar refractivity (Wildman–Crippen MR) is 56.2 cm³/mol.